The molecule has 16 nitrogen and oxygen atoms in total. The zero-order valence-corrected chi connectivity index (χ0v) is 35.3. The second kappa shape index (κ2) is 19.5. The lowest BCUT2D eigenvalue weighted by atomic mass is 10.0. The Labute approximate surface area is 377 Å². The van der Waals surface area contributed by atoms with Crippen LogP contribution in [0, 0.1) is 0 Å². The number of nitrogens with two attached hydrogens (primary N) is 1. The molecule has 4 N–H and O–H groups in total. The molecule has 0 spiro atoms. The van der Waals surface area contributed by atoms with Crippen LogP contribution < -0.4 is 16.4 Å². The molecule has 0 saturated carbocycles. The number of hydrogen-bond acceptors (Lipinski definition) is 15. The van der Waals surface area contributed by atoms with E-state index in [1.165, 1.54) is 12.1 Å². The third kappa shape index (κ3) is 9.42. The maximum Gasteiger partial charge on any atom is 0.360 e. The minimum Gasteiger partial charge on any atom is -0.461 e. The predicted octanol–water partition coefficient (Wildman–Crippen LogP) is 9.19. The Hall–Kier alpha value is -9.18. The summed E-state index contributed by atoms with van der Waals surface area (Å²) >= 11 is 0. The minimum absolute atomic E-state index is 0.0183. The summed E-state index contributed by atoms with van der Waals surface area (Å²) in [6.07, 6.45) is 3.50. The zero-order chi connectivity index (χ0) is 45.2. The van der Waals surface area contributed by atoms with Crippen molar-refractivity contribution in [1.82, 2.24) is 40.2 Å². The smallest absolute Gasteiger partial charge is 0.360 e. The minimum atomic E-state index is -0.680. The Bertz CT molecular complexity index is 3280. The van der Waals surface area contributed by atoms with Gasteiger partial charge in [-0.2, -0.15) is 0 Å². The molecule has 10 aromatic rings. The molecule has 4 aromatic carbocycles. The van der Waals surface area contributed by atoms with E-state index in [-0.39, 0.29) is 29.5 Å². The van der Waals surface area contributed by atoms with E-state index in [0.29, 0.717) is 36.4 Å². The molecule has 324 valence electrons. The normalized spacial score (nSPS) is 10.9. The van der Waals surface area contributed by atoms with Crippen molar-refractivity contribution in [3.05, 3.63) is 181 Å². The van der Waals surface area contributed by atoms with Crippen molar-refractivity contribution in [3.63, 3.8) is 0 Å². The molecule has 16 heteroatoms. The summed E-state index contributed by atoms with van der Waals surface area (Å²) in [4.78, 5) is 51.1. The monoisotopic (exact) mass is 873 g/mol. The van der Waals surface area contributed by atoms with E-state index in [1.807, 2.05) is 133 Å². The summed E-state index contributed by atoms with van der Waals surface area (Å²) < 4.78 is 15.7. The molecule has 6 heterocycles. The summed E-state index contributed by atoms with van der Waals surface area (Å²) in [6.45, 7) is 2.92. The Morgan fingerprint density at radius 2 is 1.03 bits per heavy atom. The SMILES string of the molecule is CCOC(=O)c1cc(-c2nc(NCc3ccccn3)c3c(-c4ccccc4)cccc3n2)on1.NC(=O)c1cc(-c2nc(NCc3ccccn3)c3c(-c4ccccc4)cccc3n2)on1. The first-order chi connectivity index (χ1) is 32.4. The number of carbonyl (C=O) groups is 2. The van der Waals surface area contributed by atoms with Crippen LogP contribution in [-0.2, 0) is 17.8 Å². The average Bonchev–Trinajstić information content (AvgIpc) is 4.08. The molecule has 0 bridgehead atoms. The van der Waals surface area contributed by atoms with Gasteiger partial charge in [0.1, 0.15) is 11.6 Å². The zero-order valence-electron chi connectivity index (χ0n) is 35.3. The van der Waals surface area contributed by atoms with Crippen LogP contribution in [0.4, 0.5) is 11.6 Å². The lowest BCUT2D eigenvalue weighted by molar-refractivity contribution is 0.0514. The van der Waals surface area contributed by atoms with Crippen LogP contribution in [0.25, 0.3) is 67.2 Å². The molecule has 0 aliphatic carbocycles. The topological polar surface area (TPSA) is 223 Å². The molecule has 0 unspecified atom stereocenters. The third-order valence-electron chi connectivity index (χ3n) is 10.1. The number of carbonyl (C=O) groups excluding carboxylic acids is 2. The lowest BCUT2D eigenvalue weighted by Gasteiger charge is -2.13. The van der Waals surface area contributed by atoms with Crippen LogP contribution in [0.3, 0.4) is 0 Å². The molecule has 10 rings (SSSR count). The molecule has 0 atom stereocenters. The average molecular weight is 874 g/mol. The number of nitrogens with zero attached hydrogens (tertiary/aromatic N) is 8. The number of benzene rings is 4. The van der Waals surface area contributed by atoms with Gasteiger partial charge in [-0.05, 0) is 65.6 Å². The number of pyridine rings is 2. The van der Waals surface area contributed by atoms with Gasteiger partial charge >= 0.3 is 5.97 Å². The number of amides is 1. The molecule has 0 aliphatic rings. The Balaban J connectivity index is 0.000000166. The number of rotatable bonds is 13. The number of anilines is 2. The van der Waals surface area contributed by atoms with Crippen LogP contribution >= 0.6 is 0 Å². The van der Waals surface area contributed by atoms with Crippen molar-refractivity contribution < 1.29 is 23.4 Å². The van der Waals surface area contributed by atoms with Crippen molar-refractivity contribution in [1.29, 1.82) is 0 Å². The highest BCUT2D eigenvalue weighted by atomic mass is 16.5. The van der Waals surface area contributed by atoms with Gasteiger partial charge < -0.3 is 30.2 Å². The van der Waals surface area contributed by atoms with Gasteiger partial charge in [0.25, 0.3) is 5.91 Å². The van der Waals surface area contributed by atoms with Crippen molar-refractivity contribution in [3.8, 4) is 45.4 Å². The van der Waals surface area contributed by atoms with E-state index in [4.69, 9.17) is 34.5 Å². The number of primary amides is 1. The molecular formula is C50H39N11O5. The Morgan fingerprint density at radius 1 is 0.561 bits per heavy atom. The second-order valence-electron chi connectivity index (χ2n) is 14.5. The fourth-order valence-electron chi connectivity index (χ4n) is 7.09. The maximum atomic E-state index is 12.0. The van der Waals surface area contributed by atoms with Crippen molar-refractivity contribution in [2.75, 3.05) is 17.2 Å². The highest BCUT2D eigenvalue weighted by Crippen LogP contribution is 2.36. The van der Waals surface area contributed by atoms with Gasteiger partial charge in [0.2, 0.25) is 23.2 Å². The van der Waals surface area contributed by atoms with Crippen LogP contribution in [-0.4, -0.2) is 58.7 Å². The van der Waals surface area contributed by atoms with Crippen molar-refractivity contribution >= 4 is 45.3 Å². The molecule has 6 aromatic heterocycles. The van der Waals surface area contributed by atoms with E-state index in [9.17, 15) is 9.59 Å². The quantitative estimate of drug-likeness (QED) is 0.0919. The van der Waals surface area contributed by atoms with Crippen LogP contribution in [0.2, 0.25) is 0 Å². The number of esters is 1. The Morgan fingerprint density at radius 3 is 1.47 bits per heavy atom. The standard InChI is InChI=1S/C26H21N5O3.C24H18N6O2/c1-2-33-26(32)21-15-22(34-31-21)24-29-20-13-8-12-19(17-9-4-3-5-10-17)23(20)25(30-24)28-16-18-11-6-7-14-27-18;25-22(31)19-13-20(32-30-19)23-28-18-11-6-10-17(15-7-2-1-3-8-15)21(18)24(29-23)27-14-16-9-4-5-12-26-16/h3-15H,2,16H2,1H3,(H,28,29,30);1-13H,14H2,(H2,25,31)(H,27,28,29). The summed E-state index contributed by atoms with van der Waals surface area (Å²) in [6, 6.07) is 46.3. The maximum absolute atomic E-state index is 12.0. The summed E-state index contributed by atoms with van der Waals surface area (Å²) in [5, 5.41) is 16.1. The summed E-state index contributed by atoms with van der Waals surface area (Å²) in [7, 11) is 0. The second-order valence-corrected chi connectivity index (χ2v) is 14.5. The number of hydrogen-bond donors (Lipinski definition) is 3. The first kappa shape index (κ1) is 42.1. The Kier molecular flexibility index (Phi) is 12.4. The van der Waals surface area contributed by atoms with Gasteiger partial charge in [-0.25, -0.2) is 24.7 Å². The van der Waals surface area contributed by atoms with Gasteiger partial charge in [-0.3, -0.25) is 14.8 Å². The highest BCUT2D eigenvalue weighted by Gasteiger charge is 2.21. The van der Waals surface area contributed by atoms with Gasteiger partial charge in [-0.15, -0.1) is 0 Å². The fraction of sp³-hybridized carbons (Fsp3) is 0.0800. The van der Waals surface area contributed by atoms with Crippen LogP contribution in [0.15, 0.2) is 167 Å². The predicted molar refractivity (Wildman–Crippen MR) is 249 cm³/mol. The molecule has 0 radical (unpaired) electrons. The fourth-order valence-corrected chi connectivity index (χ4v) is 7.09. The van der Waals surface area contributed by atoms with Crippen molar-refractivity contribution in [2.24, 2.45) is 5.73 Å². The highest BCUT2D eigenvalue weighted by molar-refractivity contribution is 6.03. The molecular weight excluding hydrogens is 835 g/mol. The number of fused-ring (bicyclic) bond motifs is 2. The van der Waals surface area contributed by atoms with Gasteiger partial charge in [0.15, 0.2) is 11.4 Å². The van der Waals surface area contributed by atoms with Crippen molar-refractivity contribution in [2.45, 2.75) is 20.0 Å². The first-order valence-corrected chi connectivity index (χ1v) is 20.8. The molecule has 0 saturated heterocycles. The summed E-state index contributed by atoms with van der Waals surface area (Å²) in [5.74, 6) is 1.14. The number of aromatic nitrogens is 8. The molecule has 66 heavy (non-hydrogen) atoms. The molecule has 0 fully saturated rings. The van der Waals surface area contributed by atoms with E-state index >= 15 is 0 Å². The van der Waals surface area contributed by atoms with Crippen LogP contribution in [0.1, 0.15) is 39.3 Å². The number of ether oxygens (including phenoxy) is 1. The first-order valence-electron chi connectivity index (χ1n) is 20.8. The molecule has 0 aliphatic heterocycles. The van der Waals surface area contributed by atoms with Gasteiger partial charge in [0, 0.05) is 24.5 Å². The van der Waals surface area contributed by atoms with E-state index in [0.717, 1.165) is 55.4 Å². The molecule has 1 amide bonds. The lowest BCUT2D eigenvalue weighted by Crippen LogP contribution is -2.10. The largest absolute Gasteiger partial charge is 0.461 e. The van der Waals surface area contributed by atoms with E-state index in [2.05, 4.69) is 35.9 Å². The van der Waals surface area contributed by atoms with Crippen LogP contribution in [0.5, 0.6) is 0 Å². The van der Waals surface area contributed by atoms with Gasteiger partial charge in [-0.1, -0.05) is 107 Å². The van der Waals surface area contributed by atoms with E-state index in [1.54, 1.807) is 19.3 Å². The third-order valence-corrected chi connectivity index (χ3v) is 10.1. The van der Waals surface area contributed by atoms with E-state index < -0.39 is 11.9 Å². The van der Waals surface area contributed by atoms with Gasteiger partial charge in [0.05, 0.1) is 52.9 Å². The number of nitrogens with one attached hydrogen (secondary N) is 2. The summed E-state index contributed by atoms with van der Waals surface area (Å²) in [5.41, 5.74) is 12.7.